The van der Waals surface area contributed by atoms with Crippen LogP contribution in [-0.4, -0.2) is 10.8 Å². The maximum Gasteiger partial charge on any atom is 0.212 e. The van der Waals surface area contributed by atoms with Crippen LogP contribution in [0.4, 0.5) is 0 Å². The Bertz CT molecular complexity index is 597. The van der Waals surface area contributed by atoms with Crippen LogP contribution in [0.2, 0.25) is 0 Å². The minimum Gasteiger partial charge on any atom is -0.287 e. The number of rotatable bonds is 2. The summed E-state index contributed by atoms with van der Waals surface area (Å²) in [7, 11) is 0. The van der Waals surface area contributed by atoms with Gasteiger partial charge in [0.05, 0.1) is 0 Å². The van der Waals surface area contributed by atoms with Crippen molar-refractivity contribution >= 4 is 21.7 Å². The first-order chi connectivity index (χ1) is 8.89. The first-order valence-corrected chi connectivity index (χ1v) is 6.94. The molecule has 3 heteroatoms. The molecule has 0 radical (unpaired) electrons. The number of ketones is 1. The highest BCUT2D eigenvalue weighted by atomic mass is 79.9. The van der Waals surface area contributed by atoms with Gasteiger partial charge in [-0.1, -0.05) is 45.0 Å². The molecular formula is C16H16BrNO. The van der Waals surface area contributed by atoms with Gasteiger partial charge in [0.25, 0.3) is 0 Å². The number of benzene rings is 1. The van der Waals surface area contributed by atoms with Crippen LogP contribution in [0.15, 0.2) is 47.1 Å². The number of hydrogen-bond acceptors (Lipinski definition) is 2. The molecule has 2 aromatic rings. The second kappa shape index (κ2) is 5.25. The summed E-state index contributed by atoms with van der Waals surface area (Å²) in [5.74, 6) is -0.0621. The smallest absolute Gasteiger partial charge is 0.212 e. The average Bonchev–Trinajstić information content (AvgIpc) is 2.38. The fourth-order valence-electron chi connectivity index (χ4n) is 1.81. The van der Waals surface area contributed by atoms with E-state index < -0.39 is 0 Å². The monoisotopic (exact) mass is 317 g/mol. The number of carbonyl (C=O) groups is 1. The summed E-state index contributed by atoms with van der Waals surface area (Å²) < 4.78 is 0.722. The molecule has 0 amide bonds. The van der Waals surface area contributed by atoms with Crippen LogP contribution in [0.5, 0.6) is 0 Å². The minimum absolute atomic E-state index is 0.0621. The van der Waals surface area contributed by atoms with E-state index in [4.69, 9.17) is 0 Å². The molecule has 1 heterocycles. The number of aromatic nitrogens is 1. The SMILES string of the molecule is CC(C)(C)c1ccc(C(=O)c2ncccc2Br)cc1. The highest BCUT2D eigenvalue weighted by molar-refractivity contribution is 9.10. The quantitative estimate of drug-likeness (QED) is 0.770. The van der Waals surface area contributed by atoms with Gasteiger partial charge in [-0.25, -0.2) is 0 Å². The summed E-state index contributed by atoms with van der Waals surface area (Å²) in [6, 6.07) is 11.4. The van der Waals surface area contributed by atoms with E-state index in [9.17, 15) is 4.79 Å². The summed E-state index contributed by atoms with van der Waals surface area (Å²) >= 11 is 3.36. The van der Waals surface area contributed by atoms with Crippen molar-refractivity contribution < 1.29 is 4.79 Å². The van der Waals surface area contributed by atoms with Crippen molar-refractivity contribution in [3.05, 3.63) is 63.9 Å². The molecule has 0 bridgehead atoms. The number of carbonyl (C=O) groups excluding carboxylic acids is 1. The standard InChI is InChI=1S/C16H16BrNO/c1-16(2,3)12-8-6-11(7-9-12)15(19)14-13(17)5-4-10-18-14/h4-10H,1-3H3. The molecule has 0 saturated heterocycles. The first kappa shape index (κ1) is 13.9. The van der Waals surface area contributed by atoms with Gasteiger partial charge in [0.1, 0.15) is 5.69 Å². The normalized spacial score (nSPS) is 11.4. The lowest BCUT2D eigenvalue weighted by Gasteiger charge is -2.18. The average molecular weight is 318 g/mol. The number of halogens is 1. The molecule has 2 rings (SSSR count). The molecule has 1 aromatic heterocycles. The topological polar surface area (TPSA) is 30.0 Å². The Morgan fingerprint density at radius 2 is 1.74 bits per heavy atom. The third kappa shape index (κ3) is 3.10. The Morgan fingerprint density at radius 1 is 1.11 bits per heavy atom. The van der Waals surface area contributed by atoms with Crippen LogP contribution in [0, 0.1) is 0 Å². The Hall–Kier alpha value is -1.48. The fraction of sp³-hybridized carbons (Fsp3) is 0.250. The summed E-state index contributed by atoms with van der Waals surface area (Å²) in [4.78, 5) is 16.5. The van der Waals surface area contributed by atoms with E-state index >= 15 is 0 Å². The summed E-state index contributed by atoms with van der Waals surface area (Å²) in [6.45, 7) is 6.46. The van der Waals surface area contributed by atoms with Crippen LogP contribution in [0.25, 0.3) is 0 Å². The molecule has 0 aliphatic heterocycles. The number of hydrogen-bond donors (Lipinski definition) is 0. The lowest BCUT2D eigenvalue weighted by molar-refractivity contribution is 0.103. The van der Waals surface area contributed by atoms with Crippen molar-refractivity contribution in [3.63, 3.8) is 0 Å². The lowest BCUT2D eigenvalue weighted by Crippen LogP contribution is -2.11. The van der Waals surface area contributed by atoms with Crippen molar-refractivity contribution in [1.29, 1.82) is 0 Å². The van der Waals surface area contributed by atoms with Gasteiger partial charge >= 0.3 is 0 Å². The summed E-state index contributed by atoms with van der Waals surface area (Å²) in [5.41, 5.74) is 2.41. The Morgan fingerprint density at radius 3 is 2.26 bits per heavy atom. The molecule has 19 heavy (non-hydrogen) atoms. The van der Waals surface area contributed by atoms with Gasteiger partial charge in [0.15, 0.2) is 0 Å². The molecule has 0 fully saturated rings. The first-order valence-electron chi connectivity index (χ1n) is 6.15. The molecule has 0 saturated carbocycles. The zero-order chi connectivity index (χ0) is 14.0. The van der Waals surface area contributed by atoms with Crippen LogP contribution in [0.3, 0.4) is 0 Å². The Kier molecular flexibility index (Phi) is 3.85. The van der Waals surface area contributed by atoms with Gasteiger partial charge in [-0.3, -0.25) is 9.78 Å². The Labute approximate surface area is 122 Å². The molecule has 0 aliphatic carbocycles. The zero-order valence-corrected chi connectivity index (χ0v) is 12.9. The maximum absolute atomic E-state index is 12.3. The van der Waals surface area contributed by atoms with Gasteiger partial charge in [0.2, 0.25) is 5.78 Å². The molecule has 0 unspecified atom stereocenters. The van der Waals surface area contributed by atoms with Crippen molar-refractivity contribution in [3.8, 4) is 0 Å². The van der Waals surface area contributed by atoms with Crippen molar-refractivity contribution in [1.82, 2.24) is 4.98 Å². The lowest BCUT2D eigenvalue weighted by atomic mass is 9.86. The number of pyridine rings is 1. The summed E-state index contributed by atoms with van der Waals surface area (Å²) in [6.07, 6.45) is 1.63. The second-order valence-electron chi connectivity index (χ2n) is 5.49. The van der Waals surface area contributed by atoms with Crippen LogP contribution >= 0.6 is 15.9 Å². The zero-order valence-electron chi connectivity index (χ0n) is 11.3. The third-order valence-electron chi connectivity index (χ3n) is 2.99. The fourth-order valence-corrected chi connectivity index (χ4v) is 2.25. The van der Waals surface area contributed by atoms with E-state index in [1.54, 1.807) is 12.3 Å². The van der Waals surface area contributed by atoms with Crippen LogP contribution < -0.4 is 0 Å². The van der Waals surface area contributed by atoms with Gasteiger partial charge in [-0.05, 0) is 39.0 Å². The maximum atomic E-state index is 12.3. The Balaban J connectivity index is 2.34. The third-order valence-corrected chi connectivity index (χ3v) is 3.63. The van der Waals surface area contributed by atoms with Gasteiger partial charge in [-0.2, -0.15) is 0 Å². The van der Waals surface area contributed by atoms with Crippen LogP contribution in [0.1, 0.15) is 42.4 Å². The largest absolute Gasteiger partial charge is 0.287 e. The van der Waals surface area contributed by atoms with E-state index in [0.29, 0.717) is 11.3 Å². The highest BCUT2D eigenvalue weighted by Crippen LogP contribution is 2.23. The predicted octanol–water partition coefficient (Wildman–Crippen LogP) is 4.37. The van der Waals surface area contributed by atoms with Crippen molar-refractivity contribution in [2.75, 3.05) is 0 Å². The highest BCUT2D eigenvalue weighted by Gasteiger charge is 2.16. The van der Waals surface area contributed by atoms with E-state index in [-0.39, 0.29) is 11.2 Å². The molecular weight excluding hydrogens is 302 g/mol. The molecule has 98 valence electrons. The van der Waals surface area contributed by atoms with E-state index in [1.807, 2.05) is 30.3 Å². The van der Waals surface area contributed by atoms with E-state index in [1.165, 1.54) is 5.56 Å². The van der Waals surface area contributed by atoms with E-state index in [2.05, 4.69) is 41.7 Å². The molecule has 2 nitrogen and oxygen atoms in total. The van der Waals surface area contributed by atoms with Crippen molar-refractivity contribution in [2.24, 2.45) is 0 Å². The molecule has 0 N–H and O–H groups in total. The van der Waals surface area contributed by atoms with Gasteiger partial charge in [0, 0.05) is 16.2 Å². The second-order valence-corrected chi connectivity index (χ2v) is 6.34. The van der Waals surface area contributed by atoms with E-state index in [0.717, 1.165) is 4.47 Å². The summed E-state index contributed by atoms with van der Waals surface area (Å²) in [5, 5.41) is 0. The molecule has 0 aliphatic rings. The molecule has 0 atom stereocenters. The van der Waals surface area contributed by atoms with Gasteiger partial charge in [-0.15, -0.1) is 0 Å². The predicted molar refractivity (Wildman–Crippen MR) is 80.5 cm³/mol. The minimum atomic E-state index is -0.0621. The van der Waals surface area contributed by atoms with Gasteiger partial charge < -0.3 is 0 Å². The van der Waals surface area contributed by atoms with Crippen molar-refractivity contribution in [2.45, 2.75) is 26.2 Å². The molecule has 0 spiro atoms. The number of nitrogens with zero attached hydrogens (tertiary/aromatic N) is 1. The van der Waals surface area contributed by atoms with Crippen LogP contribution in [-0.2, 0) is 5.41 Å². The molecule has 1 aromatic carbocycles.